The fraction of sp³-hybridized carbons (Fsp3) is 0.500. The van der Waals surface area contributed by atoms with E-state index in [0.29, 0.717) is 24.7 Å². The first-order valence-corrected chi connectivity index (χ1v) is 9.10. The van der Waals surface area contributed by atoms with Crippen molar-refractivity contribution in [2.45, 2.75) is 52.4 Å². The summed E-state index contributed by atoms with van der Waals surface area (Å²) in [6, 6.07) is 6.59. The number of ether oxygens (including phenoxy) is 2. The molecule has 0 amide bonds. The van der Waals surface area contributed by atoms with Crippen molar-refractivity contribution in [2.75, 3.05) is 13.2 Å². The standard InChI is InChI=1S/C20H26O6/c1-4-6-12-23-19(21)17-10-8-15(25-17)14(3)16-9-11-18(26-16)20(22)24-13-7-5-2/h8-11,14H,4-7,12-13H2,1-3H3. The van der Waals surface area contributed by atoms with Gasteiger partial charge in [-0.3, -0.25) is 0 Å². The SMILES string of the molecule is CCCCOC(=O)c1ccc(C(C)c2ccc(C(=O)OCCCC)o2)o1. The van der Waals surface area contributed by atoms with Crippen molar-refractivity contribution in [3.63, 3.8) is 0 Å². The largest absolute Gasteiger partial charge is 0.460 e. The monoisotopic (exact) mass is 362 g/mol. The summed E-state index contributed by atoms with van der Waals surface area (Å²) in [4.78, 5) is 23.8. The number of hydrogen-bond acceptors (Lipinski definition) is 6. The summed E-state index contributed by atoms with van der Waals surface area (Å²) >= 11 is 0. The normalized spacial score (nSPS) is 10.9. The van der Waals surface area contributed by atoms with Gasteiger partial charge >= 0.3 is 11.9 Å². The molecule has 0 radical (unpaired) electrons. The van der Waals surface area contributed by atoms with Gasteiger partial charge in [0.1, 0.15) is 11.5 Å². The second-order valence-electron chi connectivity index (χ2n) is 6.10. The summed E-state index contributed by atoms with van der Waals surface area (Å²) in [5.74, 6) is 0.250. The van der Waals surface area contributed by atoms with Gasteiger partial charge in [-0.25, -0.2) is 9.59 Å². The fourth-order valence-electron chi connectivity index (χ4n) is 2.29. The van der Waals surface area contributed by atoms with Crippen LogP contribution in [0, 0.1) is 0 Å². The van der Waals surface area contributed by atoms with Crippen molar-refractivity contribution < 1.29 is 27.9 Å². The third kappa shape index (κ3) is 5.25. The molecule has 0 aliphatic rings. The molecule has 6 nitrogen and oxygen atoms in total. The molecule has 0 bridgehead atoms. The fourth-order valence-corrected chi connectivity index (χ4v) is 2.29. The van der Waals surface area contributed by atoms with Crippen LogP contribution in [0.4, 0.5) is 0 Å². The van der Waals surface area contributed by atoms with Gasteiger partial charge in [0, 0.05) is 0 Å². The lowest BCUT2D eigenvalue weighted by Crippen LogP contribution is -2.05. The molecule has 26 heavy (non-hydrogen) atoms. The van der Waals surface area contributed by atoms with Crippen LogP contribution in [0.2, 0.25) is 0 Å². The lowest BCUT2D eigenvalue weighted by Gasteiger charge is -2.05. The number of carbonyl (C=O) groups is 2. The Balaban J connectivity index is 1.98. The van der Waals surface area contributed by atoms with Gasteiger partial charge in [0.2, 0.25) is 11.5 Å². The molecule has 0 saturated carbocycles. The first-order valence-electron chi connectivity index (χ1n) is 9.10. The molecule has 0 fully saturated rings. The second kappa shape index (κ2) is 9.85. The van der Waals surface area contributed by atoms with Gasteiger partial charge in [0.05, 0.1) is 19.1 Å². The highest BCUT2D eigenvalue weighted by atomic mass is 16.5. The Kier molecular flexibility index (Phi) is 7.51. The van der Waals surface area contributed by atoms with Crippen molar-refractivity contribution in [3.05, 3.63) is 47.3 Å². The van der Waals surface area contributed by atoms with Crippen LogP contribution in [0.5, 0.6) is 0 Å². The van der Waals surface area contributed by atoms with E-state index in [1.54, 1.807) is 24.3 Å². The van der Waals surface area contributed by atoms with Crippen LogP contribution in [0.3, 0.4) is 0 Å². The quantitative estimate of drug-likeness (QED) is 0.440. The summed E-state index contributed by atoms with van der Waals surface area (Å²) in [5.41, 5.74) is 0. The van der Waals surface area contributed by atoms with E-state index in [1.165, 1.54) is 0 Å². The highest BCUT2D eigenvalue weighted by Crippen LogP contribution is 2.28. The average Bonchev–Trinajstić information content (AvgIpc) is 3.31. The molecule has 0 unspecified atom stereocenters. The van der Waals surface area contributed by atoms with Gasteiger partial charge in [-0.2, -0.15) is 0 Å². The molecule has 0 atom stereocenters. The smallest absolute Gasteiger partial charge is 0.374 e. The van der Waals surface area contributed by atoms with Crippen LogP contribution in [0.25, 0.3) is 0 Å². The molecular weight excluding hydrogens is 336 g/mol. The Labute approximate surface area is 153 Å². The van der Waals surface area contributed by atoms with Crippen LogP contribution in [0.15, 0.2) is 33.1 Å². The molecule has 0 spiro atoms. The average molecular weight is 362 g/mol. The highest BCUT2D eigenvalue weighted by Gasteiger charge is 2.21. The van der Waals surface area contributed by atoms with Crippen LogP contribution in [0.1, 0.15) is 85.0 Å². The van der Waals surface area contributed by atoms with Crippen LogP contribution >= 0.6 is 0 Å². The molecule has 0 aliphatic heterocycles. The van der Waals surface area contributed by atoms with Crippen LogP contribution < -0.4 is 0 Å². The highest BCUT2D eigenvalue weighted by molar-refractivity contribution is 5.86. The van der Waals surface area contributed by atoms with E-state index in [1.807, 2.05) is 20.8 Å². The minimum Gasteiger partial charge on any atom is -0.460 e. The molecule has 6 heteroatoms. The predicted octanol–water partition coefficient (Wildman–Crippen LogP) is 4.94. The molecule has 0 aliphatic carbocycles. The van der Waals surface area contributed by atoms with E-state index in [4.69, 9.17) is 18.3 Å². The zero-order valence-electron chi connectivity index (χ0n) is 15.6. The number of carbonyl (C=O) groups excluding carboxylic acids is 2. The van der Waals surface area contributed by atoms with E-state index in [2.05, 4.69) is 0 Å². The number of unbranched alkanes of at least 4 members (excludes halogenated alkanes) is 2. The third-order valence-electron chi connectivity index (χ3n) is 3.97. The Morgan fingerprint density at radius 1 is 0.846 bits per heavy atom. The Bertz CT molecular complexity index is 651. The Morgan fingerprint density at radius 2 is 1.27 bits per heavy atom. The maximum Gasteiger partial charge on any atom is 0.374 e. The first kappa shape index (κ1) is 19.8. The molecule has 0 aromatic carbocycles. The molecule has 2 rings (SSSR count). The molecule has 2 aromatic rings. The molecule has 0 saturated heterocycles. The van der Waals surface area contributed by atoms with Gasteiger partial charge in [-0.15, -0.1) is 0 Å². The van der Waals surface area contributed by atoms with Crippen molar-refractivity contribution in [1.82, 2.24) is 0 Å². The molecular formula is C20H26O6. The summed E-state index contributed by atoms with van der Waals surface area (Å²) in [7, 11) is 0. The second-order valence-corrected chi connectivity index (χ2v) is 6.10. The third-order valence-corrected chi connectivity index (χ3v) is 3.97. The summed E-state index contributed by atoms with van der Waals surface area (Å²) < 4.78 is 21.4. The van der Waals surface area contributed by atoms with Crippen LogP contribution in [-0.4, -0.2) is 25.2 Å². The molecule has 2 aromatic heterocycles. The van der Waals surface area contributed by atoms with Gasteiger partial charge in [-0.1, -0.05) is 26.7 Å². The van der Waals surface area contributed by atoms with Gasteiger partial charge < -0.3 is 18.3 Å². The lowest BCUT2D eigenvalue weighted by atomic mass is 10.1. The van der Waals surface area contributed by atoms with Gasteiger partial charge in [0.25, 0.3) is 0 Å². The number of rotatable bonds is 10. The number of hydrogen-bond donors (Lipinski definition) is 0. The Morgan fingerprint density at radius 3 is 1.65 bits per heavy atom. The van der Waals surface area contributed by atoms with Crippen molar-refractivity contribution in [3.8, 4) is 0 Å². The van der Waals surface area contributed by atoms with E-state index in [0.717, 1.165) is 25.7 Å². The van der Waals surface area contributed by atoms with E-state index in [-0.39, 0.29) is 17.4 Å². The summed E-state index contributed by atoms with van der Waals surface area (Å²) in [5, 5.41) is 0. The lowest BCUT2D eigenvalue weighted by molar-refractivity contribution is 0.0455. The first-order chi connectivity index (χ1) is 12.6. The number of esters is 2. The predicted molar refractivity (Wildman–Crippen MR) is 95.3 cm³/mol. The van der Waals surface area contributed by atoms with Crippen molar-refractivity contribution in [2.24, 2.45) is 0 Å². The minimum atomic E-state index is -0.475. The maximum atomic E-state index is 11.9. The summed E-state index contributed by atoms with van der Waals surface area (Å²) in [6.07, 6.45) is 3.54. The molecule has 0 N–H and O–H groups in total. The van der Waals surface area contributed by atoms with Gasteiger partial charge in [0.15, 0.2) is 0 Å². The maximum absolute atomic E-state index is 11.9. The minimum absolute atomic E-state index is 0.161. The topological polar surface area (TPSA) is 78.9 Å². The van der Waals surface area contributed by atoms with Crippen molar-refractivity contribution in [1.29, 1.82) is 0 Å². The van der Waals surface area contributed by atoms with Crippen LogP contribution in [-0.2, 0) is 9.47 Å². The zero-order valence-corrected chi connectivity index (χ0v) is 15.6. The molecule has 142 valence electrons. The van der Waals surface area contributed by atoms with E-state index < -0.39 is 11.9 Å². The van der Waals surface area contributed by atoms with Crippen molar-refractivity contribution >= 4 is 11.9 Å². The van der Waals surface area contributed by atoms with E-state index in [9.17, 15) is 9.59 Å². The molecule has 2 heterocycles. The number of furan rings is 2. The zero-order chi connectivity index (χ0) is 18.9. The van der Waals surface area contributed by atoms with E-state index >= 15 is 0 Å². The Hall–Kier alpha value is -2.50. The summed E-state index contributed by atoms with van der Waals surface area (Å²) in [6.45, 7) is 6.68. The van der Waals surface area contributed by atoms with Gasteiger partial charge in [-0.05, 0) is 44.0 Å².